The molecular weight excluding hydrogens is 292 g/mol. The molecule has 3 nitrogen and oxygen atoms in total. The predicted molar refractivity (Wildman–Crippen MR) is 89.3 cm³/mol. The maximum atomic E-state index is 11.8. The number of hydrogen-bond acceptors (Lipinski definition) is 2. The van der Waals surface area contributed by atoms with E-state index in [-0.39, 0.29) is 5.91 Å². The molecule has 0 fully saturated rings. The van der Waals surface area contributed by atoms with Crippen molar-refractivity contribution < 1.29 is 4.79 Å². The summed E-state index contributed by atoms with van der Waals surface area (Å²) in [7, 11) is 0. The lowest BCUT2D eigenvalue weighted by Gasteiger charge is -2.08. The van der Waals surface area contributed by atoms with Crippen molar-refractivity contribution in [2.75, 3.05) is 5.32 Å². The third-order valence-corrected chi connectivity index (χ3v) is 3.58. The second kappa shape index (κ2) is 8.93. The number of rotatable bonds is 8. The lowest BCUT2D eigenvalue weighted by molar-refractivity contribution is -0.116. The molecule has 0 spiro atoms. The van der Waals surface area contributed by atoms with Gasteiger partial charge < -0.3 is 11.1 Å². The van der Waals surface area contributed by atoms with E-state index in [2.05, 4.69) is 12.2 Å². The van der Waals surface area contributed by atoms with Crippen LogP contribution >= 0.6 is 23.8 Å². The van der Waals surface area contributed by atoms with Crippen LogP contribution in [0.25, 0.3) is 0 Å². The van der Waals surface area contributed by atoms with E-state index in [1.54, 1.807) is 18.2 Å². The van der Waals surface area contributed by atoms with Gasteiger partial charge in [0.25, 0.3) is 0 Å². The number of amides is 1. The van der Waals surface area contributed by atoms with Crippen LogP contribution in [0.3, 0.4) is 0 Å². The summed E-state index contributed by atoms with van der Waals surface area (Å²) in [6.45, 7) is 2.17. The first-order valence-corrected chi connectivity index (χ1v) is 7.72. The SMILES string of the molecule is CCCCCCCC(=O)Nc1ccc(C(N)=S)cc1Cl. The van der Waals surface area contributed by atoms with Gasteiger partial charge >= 0.3 is 0 Å². The Balaban J connectivity index is 2.44. The van der Waals surface area contributed by atoms with Crippen LogP contribution in [0.1, 0.15) is 51.0 Å². The van der Waals surface area contributed by atoms with Crippen LogP contribution < -0.4 is 11.1 Å². The van der Waals surface area contributed by atoms with Crippen molar-refractivity contribution in [1.29, 1.82) is 0 Å². The topological polar surface area (TPSA) is 55.1 Å². The standard InChI is InChI=1S/C15H21ClN2OS/c1-2-3-4-5-6-7-14(19)18-13-9-8-11(15(17)20)10-12(13)16/h8-10H,2-7H2,1H3,(H2,17,20)(H,18,19). The normalized spacial score (nSPS) is 10.3. The van der Waals surface area contributed by atoms with E-state index in [4.69, 9.17) is 29.6 Å². The van der Waals surface area contributed by atoms with Crippen LogP contribution in [0.2, 0.25) is 5.02 Å². The molecule has 1 aromatic rings. The van der Waals surface area contributed by atoms with Crippen molar-refractivity contribution >= 4 is 40.4 Å². The Morgan fingerprint density at radius 3 is 2.60 bits per heavy atom. The zero-order valence-corrected chi connectivity index (χ0v) is 13.3. The number of unbranched alkanes of at least 4 members (excludes halogenated alkanes) is 4. The van der Waals surface area contributed by atoms with Crippen LogP contribution in [0.5, 0.6) is 0 Å². The minimum atomic E-state index is -0.00789. The van der Waals surface area contributed by atoms with Gasteiger partial charge in [-0.15, -0.1) is 0 Å². The number of nitrogens with one attached hydrogen (secondary N) is 1. The van der Waals surface area contributed by atoms with E-state index in [9.17, 15) is 4.79 Å². The molecule has 0 aliphatic rings. The van der Waals surface area contributed by atoms with Gasteiger partial charge in [-0.1, -0.05) is 56.4 Å². The van der Waals surface area contributed by atoms with Gasteiger partial charge in [-0.25, -0.2) is 0 Å². The zero-order chi connectivity index (χ0) is 15.0. The number of halogens is 1. The van der Waals surface area contributed by atoms with Crippen molar-refractivity contribution in [1.82, 2.24) is 0 Å². The van der Waals surface area contributed by atoms with Gasteiger partial charge in [0, 0.05) is 12.0 Å². The summed E-state index contributed by atoms with van der Waals surface area (Å²) in [6, 6.07) is 5.15. The minimum absolute atomic E-state index is 0.00789. The largest absolute Gasteiger partial charge is 0.389 e. The van der Waals surface area contributed by atoms with Crippen molar-refractivity contribution in [2.24, 2.45) is 5.73 Å². The Labute approximate surface area is 130 Å². The van der Waals surface area contributed by atoms with Crippen molar-refractivity contribution in [3.05, 3.63) is 28.8 Å². The Kier molecular flexibility index (Phi) is 7.55. The highest BCUT2D eigenvalue weighted by Crippen LogP contribution is 2.23. The molecule has 0 aliphatic carbocycles. The van der Waals surface area contributed by atoms with Crippen LogP contribution in [0.4, 0.5) is 5.69 Å². The van der Waals surface area contributed by atoms with E-state index in [0.717, 1.165) is 12.8 Å². The smallest absolute Gasteiger partial charge is 0.224 e. The summed E-state index contributed by atoms with van der Waals surface area (Å²) < 4.78 is 0. The van der Waals surface area contributed by atoms with Gasteiger partial charge in [0.1, 0.15) is 4.99 Å². The Morgan fingerprint density at radius 2 is 2.00 bits per heavy atom. The van der Waals surface area contributed by atoms with E-state index < -0.39 is 0 Å². The summed E-state index contributed by atoms with van der Waals surface area (Å²) in [5.74, 6) is -0.00789. The maximum absolute atomic E-state index is 11.8. The monoisotopic (exact) mass is 312 g/mol. The average Bonchev–Trinajstić information content (AvgIpc) is 2.40. The van der Waals surface area contributed by atoms with E-state index >= 15 is 0 Å². The molecule has 1 amide bonds. The number of hydrogen-bond donors (Lipinski definition) is 2. The molecule has 0 heterocycles. The quantitative estimate of drug-likeness (QED) is 0.556. The fraction of sp³-hybridized carbons (Fsp3) is 0.467. The molecule has 0 radical (unpaired) electrons. The van der Waals surface area contributed by atoms with Crippen molar-refractivity contribution in [3.63, 3.8) is 0 Å². The average molecular weight is 313 g/mol. The van der Waals surface area contributed by atoms with Gasteiger partial charge in [0.15, 0.2) is 0 Å². The lowest BCUT2D eigenvalue weighted by Crippen LogP contribution is -2.13. The molecule has 20 heavy (non-hydrogen) atoms. The van der Waals surface area contributed by atoms with E-state index in [0.29, 0.717) is 27.7 Å². The third kappa shape index (κ3) is 5.88. The van der Waals surface area contributed by atoms with E-state index in [1.165, 1.54) is 19.3 Å². The highest BCUT2D eigenvalue weighted by Gasteiger charge is 2.07. The van der Waals surface area contributed by atoms with Crippen LogP contribution in [0.15, 0.2) is 18.2 Å². The molecule has 0 aromatic heterocycles. The molecule has 0 atom stereocenters. The number of nitrogens with two attached hydrogens (primary N) is 1. The molecule has 1 rings (SSSR count). The first-order valence-electron chi connectivity index (χ1n) is 6.93. The number of thiocarbonyl (C=S) groups is 1. The molecule has 0 bridgehead atoms. The van der Waals surface area contributed by atoms with Crippen LogP contribution in [-0.4, -0.2) is 10.9 Å². The number of carbonyl (C=O) groups excluding carboxylic acids is 1. The highest BCUT2D eigenvalue weighted by atomic mass is 35.5. The van der Waals surface area contributed by atoms with Crippen molar-refractivity contribution in [2.45, 2.75) is 45.4 Å². The molecule has 110 valence electrons. The fourth-order valence-corrected chi connectivity index (χ4v) is 2.23. The molecule has 0 saturated carbocycles. The van der Waals surface area contributed by atoms with Gasteiger partial charge in [-0.3, -0.25) is 4.79 Å². The minimum Gasteiger partial charge on any atom is -0.389 e. The first-order chi connectivity index (χ1) is 9.54. The van der Waals surface area contributed by atoms with Gasteiger partial charge in [-0.2, -0.15) is 0 Å². The first kappa shape index (κ1) is 16.9. The zero-order valence-electron chi connectivity index (χ0n) is 11.7. The summed E-state index contributed by atoms with van der Waals surface area (Å²) in [5, 5.41) is 3.27. The Hall–Kier alpha value is -1.13. The summed E-state index contributed by atoms with van der Waals surface area (Å²) in [4.78, 5) is 12.1. The Bertz CT molecular complexity index is 477. The maximum Gasteiger partial charge on any atom is 0.224 e. The number of benzene rings is 1. The predicted octanol–water partition coefficient (Wildman–Crippen LogP) is 4.27. The molecule has 5 heteroatoms. The highest BCUT2D eigenvalue weighted by molar-refractivity contribution is 7.80. The molecule has 1 aromatic carbocycles. The Morgan fingerprint density at radius 1 is 1.30 bits per heavy atom. The van der Waals surface area contributed by atoms with E-state index in [1.807, 2.05) is 0 Å². The van der Waals surface area contributed by atoms with Gasteiger partial charge in [-0.05, 0) is 24.6 Å². The molecule has 0 unspecified atom stereocenters. The molecule has 0 aliphatic heterocycles. The third-order valence-electron chi connectivity index (χ3n) is 3.04. The lowest BCUT2D eigenvalue weighted by atomic mass is 10.1. The van der Waals surface area contributed by atoms with Crippen molar-refractivity contribution in [3.8, 4) is 0 Å². The number of anilines is 1. The van der Waals surface area contributed by atoms with Gasteiger partial charge in [0.2, 0.25) is 5.91 Å². The molecule has 0 saturated heterocycles. The van der Waals surface area contributed by atoms with Gasteiger partial charge in [0.05, 0.1) is 10.7 Å². The summed E-state index contributed by atoms with van der Waals surface area (Å²) in [5.41, 5.74) is 6.82. The second-order valence-electron chi connectivity index (χ2n) is 4.77. The molecule has 3 N–H and O–H groups in total. The summed E-state index contributed by atoms with van der Waals surface area (Å²) in [6.07, 6.45) is 6.15. The molecular formula is C15H21ClN2OS. The number of carbonyl (C=O) groups is 1. The van der Waals surface area contributed by atoms with Crippen LogP contribution in [0, 0.1) is 0 Å². The summed E-state index contributed by atoms with van der Waals surface area (Å²) >= 11 is 11.0. The fourth-order valence-electron chi connectivity index (χ4n) is 1.87. The second-order valence-corrected chi connectivity index (χ2v) is 5.62. The van der Waals surface area contributed by atoms with Crippen LogP contribution in [-0.2, 0) is 4.79 Å².